The van der Waals surface area contributed by atoms with Gasteiger partial charge in [-0.25, -0.2) is 4.98 Å². The molecule has 2 heterocycles. The number of benzene rings is 1. The van der Waals surface area contributed by atoms with Gasteiger partial charge in [-0.3, -0.25) is 4.98 Å². The van der Waals surface area contributed by atoms with Crippen LogP contribution < -0.4 is 4.74 Å². The van der Waals surface area contributed by atoms with Crippen LogP contribution in [0.1, 0.15) is 48.0 Å². The SMILES string of the molecule is CCCCCOc1ccc(Cc2nc(-c3ccc(CO)nc3)cs2)cc1C(F)(F)F. The van der Waals surface area contributed by atoms with Crippen molar-refractivity contribution in [2.24, 2.45) is 0 Å². The van der Waals surface area contributed by atoms with Crippen LogP contribution in [0.4, 0.5) is 13.2 Å². The Morgan fingerprint density at radius 1 is 1.13 bits per heavy atom. The quantitative estimate of drug-likeness (QED) is 0.426. The van der Waals surface area contributed by atoms with Crippen LogP contribution in [-0.4, -0.2) is 21.7 Å². The summed E-state index contributed by atoms with van der Waals surface area (Å²) in [4.78, 5) is 8.65. The average molecular weight is 436 g/mol. The zero-order valence-electron chi connectivity index (χ0n) is 16.6. The smallest absolute Gasteiger partial charge is 0.419 e. The molecular weight excluding hydrogens is 413 g/mol. The largest absolute Gasteiger partial charge is 0.493 e. The predicted octanol–water partition coefficient (Wildman–Crippen LogP) is 5.88. The van der Waals surface area contributed by atoms with E-state index in [-0.39, 0.29) is 19.0 Å². The minimum absolute atomic E-state index is 0.128. The van der Waals surface area contributed by atoms with Gasteiger partial charge in [-0.2, -0.15) is 13.2 Å². The van der Waals surface area contributed by atoms with Crippen LogP contribution in [0.5, 0.6) is 5.75 Å². The van der Waals surface area contributed by atoms with E-state index < -0.39 is 11.7 Å². The van der Waals surface area contributed by atoms with Crippen molar-refractivity contribution in [3.05, 3.63) is 63.7 Å². The predicted molar refractivity (Wildman–Crippen MR) is 111 cm³/mol. The maximum absolute atomic E-state index is 13.5. The van der Waals surface area contributed by atoms with E-state index in [1.165, 1.54) is 17.4 Å². The van der Waals surface area contributed by atoms with Gasteiger partial charge >= 0.3 is 6.18 Å². The number of rotatable bonds is 9. The lowest BCUT2D eigenvalue weighted by molar-refractivity contribution is -0.139. The Hall–Kier alpha value is -2.45. The number of aliphatic hydroxyl groups is 1. The number of unbranched alkanes of at least 4 members (excludes halogenated alkanes) is 2. The number of alkyl halides is 3. The summed E-state index contributed by atoms with van der Waals surface area (Å²) in [6.45, 7) is 2.16. The first-order valence-corrected chi connectivity index (χ1v) is 10.6. The normalized spacial score (nSPS) is 11.6. The van der Waals surface area contributed by atoms with E-state index in [1.807, 2.05) is 18.4 Å². The number of thiazole rings is 1. The van der Waals surface area contributed by atoms with Gasteiger partial charge < -0.3 is 9.84 Å². The number of hydrogen-bond acceptors (Lipinski definition) is 5. The van der Waals surface area contributed by atoms with E-state index in [0.29, 0.717) is 28.4 Å². The molecule has 0 aliphatic carbocycles. The van der Waals surface area contributed by atoms with Crippen LogP contribution in [0.2, 0.25) is 0 Å². The molecule has 0 aliphatic rings. The van der Waals surface area contributed by atoms with Crippen molar-refractivity contribution in [3.8, 4) is 17.0 Å². The zero-order valence-corrected chi connectivity index (χ0v) is 17.4. The summed E-state index contributed by atoms with van der Waals surface area (Å²) >= 11 is 1.39. The number of aromatic nitrogens is 2. The number of hydrogen-bond donors (Lipinski definition) is 1. The molecule has 3 aromatic rings. The maximum Gasteiger partial charge on any atom is 0.419 e. The molecule has 0 unspecified atom stereocenters. The van der Waals surface area contributed by atoms with Crippen molar-refractivity contribution in [1.82, 2.24) is 9.97 Å². The average Bonchev–Trinajstić information content (AvgIpc) is 3.20. The summed E-state index contributed by atoms with van der Waals surface area (Å²) in [6, 6.07) is 7.72. The van der Waals surface area contributed by atoms with Crippen molar-refractivity contribution >= 4 is 11.3 Å². The van der Waals surface area contributed by atoms with Crippen LogP contribution >= 0.6 is 11.3 Å². The Labute approximate surface area is 177 Å². The lowest BCUT2D eigenvalue weighted by Crippen LogP contribution is -2.10. The summed E-state index contributed by atoms with van der Waals surface area (Å²) in [7, 11) is 0. The minimum Gasteiger partial charge on any atom is -0.493 e. The Balaban J connectivity index is 1.75. The van der Waals surface area contributed by atoms with Gasteiger partial charge in [0.25, 0.3) is 0 Å². The molecule has 1 aromatic carbocycles. The molecule has 0 bridgehead atoms. The summed E-state index contributed by atoms with van der Waals surface area (Å²) in [6.07, 6.45) is 0.0641. The first-order valence-electron chi connectivity index (χ1n) is 9.74. The molecule has 30 heavy (non-hydrogen) atoms. The molecule has 4 nitrogen and oxygen atoms in total. The topological polar surface area (TPSA) is 55.2 Å². The van der Waals surface area contributed by atoms with E-state index >= 15 is 0 Å². The van der Waals surface area contributed by atoms with E-state index in [9.17, 15) is 13.2 Å². The fourth-order valence-corrected chi connectivity index (χ4v) is 3.78. The molecular formula is C22H23F3N2O2S. The molecule has 0 aliphatic heterocycles. The second kappa shape index (κ2) is 10.0. The Morgan fingerprint density at radius 3 is 2.63 bits per heavy atom. The van der Waals surface area contributed by atoms with Crippen molar-refractivity contribution in [3.63, 3.8) is 0 Å². The van der Waals surface area contributed by atoms with E-state index in [0.717, 1.165) is 30.9 Å². The highest BCUT2D eigenvalue weighted by atomic mass is 32.1. The van der Waals surface area contributed by atoms with Gasteiger partial charge in [0.05, 0.1) is 35.2 Å². The molecule has 160 valence electrons. The monoisotopic (exact) mass is 436 g/mol. The van der Waals surface area contributed by atoms with Crippen molar-refractivity contribution < 1.29 is 23.0 Å². The van der Waals surface area contributed by atoms with Crippen LogP contribution in [0.25, 0.3) is 11.3 Å². The highest BCUT2D eigenvalue weighted by Crippen LogP contribution is 2.37. The second-order valence-corrected chi connectivity index (χ2v) is 7.83. The first kappa shape index (κ1) is 22.2. The molecule has 0 saturated carbocycles. The molecule has 0 atom stereocenters. The molecule has 0 saturated heterocycles. The summed E-state index contributed by atoms with van der Waals surface area (Å²) in [5.74, 6) is -0.128. The molecule has 0 spiro atoms. The Bertz CT molecular complexity index is 956. The zero-order chi connectivity index (χ0) is 21.6. The standard InChI is InChI=1S/C22H23F3N2O2S/c1-2-3-4-9-29-20-8-5-15(10-18(20)22(23,24)25)11-21-27-19(14-30-21)16-6-7-17(13-28)26-12-16/h5-8,10,12,14,28H,2-4,9,11,13H2,1H3. The second-order valence-electron chi connectivity index (χ2n) is 6.88. The number of ether oxygens (including phenoxy) is 1. The number of halogens is 3. The third kappa shape index (κ3) is 5.79. The van der Waals surface area contributed by atoms with Gasteiger partial charge in [-0.05, 0) is 36.2 Å². The maximum atomic E-state index is 13.5. The molecule has 0 amide bonds. The Morgan fingerprint density at radius 2 is 1.97 bits per heavy atom. The van der Waals surface area contributed by atoms with Crippen LogP contribution in [0.3, 0.4) is 0 Å². The fourth-order valence-electron chi connectivity index (χ4n) is 2.94. The Kier molecular flexibility index (Phi) is 7.44. The summed E-state index contributed by atoms with van der Waals surface area (Å²) < 4.78 is 45.9. The molecule has 2 aromatic heterocycles. The summed E-state index contributed by atoms with van der Waals surface area (Å²) in [5, 5.41) is 11.6. The molecule has 0 fully saturated rings. The van der Waals surface area contributed by atoms with Crippen molar-refractivity contribution in [2.45, 2.75) is 45.4 Å². The number of aliphatic hydroxyl groups excluding tert-OH is 1. The first-order chi connectivity index (χ1) is 14.4. The van der Waals surface area contributed by atoms with Crippen LogP contribution in [0.15, 0.2) is 41.9 Å². The molecule has 8 heteroatoms. The van der Waals surface area contributed by atoms with Gasteiger partial charge in [-0.15, -0.1) is 11.3 Å². The third-order valence-electron chi connectivity index (χ3n) is 4.54. The van der Waals surface area contributed by atoms with Gasteiger partial charge in [0.15, 0.2) is 0 Å². The van der Waals surface area contributed by atoms with Gasteiger partial charge in [0.1, 0.15) is 5.75 Å². The van der Waals surface area contributed by atoms with Crippen molar-refractivity contribution in [2.75, 3.05) is 6.61 Å². The van der Waals surface area contributed by atoms with Crippen LogP contribution in [-0.2, 0) is 19.2 Å². The highest BCUT2D eigenvalue weighted by Gasteiger charge is 2.34. The van der Waals surface area contributed by atoms with Gasteiger partial charge in [0.2, 0.25) is 0 Å². The molecule has 0 radical (unpaired) electrons. The van der Waals surface area contributed by atoms with E-state index in [4.69, 9.17) is 9.84 Å². The fraction of sp³-hybridized carbons (Fsp3) is 0.364. The lowest BCUT2D eigenvalue weighted by Gasteiger charge is -2.15. The minimum atomic E-state index is -4.48. The third-order valence-corrected chi connectivity index (χ3v) is 5.39. The lowest BCUT2D eigenvalue weighted by atomic mass is 10.1. The molecule has 3 rings (SSSR count). The number of nitrogens with zero attached hydrogens (tertiary/aromatic N) is 2. The van der Waals surface area contributed by atoms with Crippen LogP contribution in [0, 0.1) is 0 Å². The number of pyridine rings is 1. The summed E-state index contributed by atoms with van der Waals surface area (Å²) in [5.41, 5.74) is 1.83. The van der Waals surface area contributed by atoms with Crippen molar-refractivity contribution in [1.29, 1.82) is 0 Å². The highest BCUT2D eigenvalue weighted by molar-refractivity contribution is 7.10. The van der Waals surface area contributed by atoms with Gasteiger partial charge in [-0.1, -0.05) is 25.8 Å². The molecule has 1 N–H and O–H groups in total. The van der Waals surface area contributed by atoms with Gasteiger partial charge in [0, 0.05) is 23.6 Å². The van der Waals surface area contributed by atoms with E-state index in [1.54, 1.807) is 18.3 Å². The van der Waals surface area contributed by atoms with E-state index in [2.05, 4.69) is 9.97 Å².